The zero-order valence-electron chi connectivity index (χ0n) is 7.79. The normalized spacial score (nSPS) is 10.1. The summed E-state index contributed by atoms with van der Waals surface area (Å²) < 4.78 is 25.0. The molecule has 0 bridgehead atoms. The Morgan fingerprint density at radius 3 is 2.53 bits per heavy atom. The van der Waals surface area contributed by atoms with Crippen molar-refractivity contribution >= 4 is 5.97 Å². The Labute approximate surface area is 84.6 Å². The highest BCUT2D eigenvalue weighted by Crippen LogP contribution is 2.26. The molecule has 0 unspecified atom stereocenters. The highest BCUT2D eigenvalue weighted by molar-refractivity contribution is 5.88. The monoisotopic (exact) mass is 211 g/mol. The second-order valence-corrected chi connectivity index (χ2v) is 2.96. The van der Waals surface area contributed by atoms with Crippen LogP contribution in [-0.4, -0.2) is 11.1 Å². The van der Waals surface area contributed by atoms with Crippen molar-refractivity contribution in [3.8, 4) is 6.07 Å². The Bertz CT molecular complexity index is 449. The minimum Gasteiger partial charge on any atom is -0.478 e. The highest BCUT2D eigenvalue weighted by Gasteiger charge is 2.17. The molecule has 0 spiro atoms. The van der Waals surface area contributed by atoms with E-state index in [-0.39, 0.29) is 16.7 Å². The van der Waals surface area contributed by atoms with Gasteiger partial charge in [-0.2, -0.15) is 5.26 Å². The molecular formula is C10H7F2NO2. The molecule has 0 saturated heterocycles. The number of carboxylic acid groups (broad SMARTS) is 1. The van der Waals surface area contributed by atoms with Gasteiger partial charge in [-0.3, -0.25) is 0 Å². The molecule has 0 aromatic heterocycles. The molecule has 0 radical (unpaired) electrons. The molecule has 0 saturated carbocycles. The lowest BCUT2D eigenvalue weighted by Crippen LogP contribution is -2.02. The third kappa shape index (κ3) is 2.10. The predicted octanol–water partition coefficient (Wildman–Crippen LogP) is 2.50. The van der Waals surface area contributed by atoms with Crippen molar-refractivity contribution in [2.45, 2.75) is 13.3 Å². The van der Waals surface area contributed by atoms with Crippen LogP contribution in [0, 0.1) is 18.3 Å². The first kappa shape index (κ1) is 11.1. The molecule has 0 fully saturated rings. The fourth-order valence-electron chi connectivity index (χ4n) is 1.20. The van der Waals surface area contributed by atoms with Crippen molar-refractivity contribution in [1.29, 1.82) is 5.26 Å². The first-order valence-corrected chi connectivity index (χ1v) is 4.03. The number of alkyl halides is 2. The van der Waals surface area contributed by atoms with Crippen LogP contribution in [0.25, 0.3) is 0 Å². The van der Waals surface area contributed by atoms with E-state index in [1.165, 1.54) is 6.92 Å². The number of benzene rings is 1. The van der Waals surface area contributed by atoms with Crippen LogP contribution in [0.1, 0.15) is 33.5 Å². The summed E-state index contributed by atoms with van der Waals surface area (Å²) in [5.41, 5.74) is -0.624. The van der Waals surface area contributed by atoms with E-state index in [1.807, 2.05) is 0 Å². The third-order valence-corrected chi connectivity index (χ3v) is 2.05. The van der Waals surface area contributed by atoms with E-state index < -0.39 is 18.0 Å². The molecule has 0 atom stereocenters. The fraction of sp³-hybridized carbons (Fsp3) is 0.200. The molecule has 78 valence electrons. The summed E-state index contributed by atoms with van der Waals surface area (Å²) in [5.74, 6) is -1.33. The maximum Gasteiger partial charge on any atom is 0.335 e. The van der Waals surface area contributed by atoms with Gasteiger partial charge >= 0.3 is 5.97 Å². The molecule has 0 heterocycles. The van der Waals surface area contributed by atoms with Crippen LogP contribution in [0.15, 0.2) is 12.1 Å². The number of hydrogen-bond acceptors (Lipinski definition) is 2. The van der Waals surface area contributed by atoms with E-state index in [1.54, 1.807) is 6.07 Å². The summed E-state index contributed by atoms with van der Waals surface area (Å²) in [6, 6.07) is 3.67. The van der Waals surface area contributed by atoms with Crippen LogP contribution in [0.3, 0.4) is 0 Å². The van der Waals surface area contributed by atoms with Gasteiger partial charge < -0.3 is 5.11 Å². The molecular weight excluding hydrogens is 204 g/mol. The molecule has 1 N–H and O–H groups in total. The molecule has 3 nitrogen and oxygen atoms in total. The van der Waals surface area contributed by atoms with Crippen LogP contribution in [-0.2, 0) is 0 Å². The maximum atomic E-state index is 12.5. The Kier molecular flexibility index (Phi) is 3.00. The topological polar surface area (TPSA) is 61.1 Å². The fourth-order valence-corrected chi connectivity index (χ4v) is 1.20. The lowest BCUT2D eigenvalue weighted by molar-refractivity contribution is 0.0696. The maximum absolute atomic E-state index is 12.5. The average Bonchev–Trinajstić information content (AvgIpc) is 2.17. The van der Waals surface area contributed by atoms with Crippen LogP contribution in [0.5, 0.6) is 0 Å². The van der Waals surface area contributed by atoms with Gasteiger partial charge in [-0.25, -0.2) is 13.6 Å². The minimum absolute atomic E-state index is 0.0369. The van der Waals surface area contributed by atoms with E-state index in [0.29, 0.717) is 0 Å². The SMILES string of the molecule is Cc1c(C#N)cc(C(=O)O)cc1C(F)F. The van der Waals surface area contributed by atoms with Crippen molar-refractivity contribution in [2.75, 3.05) is 0 Å². The smallest absolute Gasteiger partial charge is 0.335 e. The van der Waals surface area contributed by atoms with Gasteiger partial charge in [0.05, 0.1) is 17.2 Å². The second-order valence-electron chi connectivity index (χ2n) is 2.96. The van der Waals surface area contributed by atoms with Gasteiger partial charge in [0.25, 0.3) is 6.43 Å². The van der Waals surface area contributed by atoms with E-state index in [0.717, 1.165) is 12.1 Å². The average molecular weight is 211 g/mol. The summed E-state index contributed by atoms with van der Waals surface area (Å²) in [4.78, 5) is 10.6. The first-order chi connectivity index (χ1) is 6.97. The zero-order chi connectivity index (χ0) is 11.6. The molecule has 1 aromatic rings. The van der Waals surface area contributed by atoms with Crippen LogP contribution >= 0.6 is 0 Å². The van der Waals surface area contributed by atoms with Gasteiger partial charge in [0.2, 0.25) is 0 Å². The molecule has 5 heteroatoms. The van der Waals surface area contributed by atoms with Gasteiger partial charge in [0.15, 0.2) is 0 Å². The van der Waals surface area contributed by atoms with Crippen molar-refractivity contribution < 1.29 is 18.7 Å². The van der Waals surface area contributed by atoms with E-state index >= 15 is 0 Å². The van der Waals surface area contributed by atoms with E-state index in [2.05, 4.69) is 0 Å². The molecule has 1 aromatic carbocycles. The Hall–Kier alpha value is -1.96. The molecule has 0 amide bonds. The van der Waals surface area contributed by atoms with Gasteiger partial charge in [-0.15, -0.1) is 0 Å². The summed E-state index contributed by atoms with van der Waals surface area (Å²) in [6.45, 7) is 1.37. The number of hydrogen-bond donors (Lipinski definition) is 1. The summed E-state index contributed by atoms with van der Waals surface area (Å²) >= 11 is 0. The number of rotatable bonds is 2. The summed E-state index contributed by atoms with van der Waals surface area (Å²) in [6.07, 6.45) is -2.78. The summed E-state index contributed by atoms with van der Waals surface area (Å²) in [7, 11) is 0. The number of halogens is 2. The lowest BCUT2D eigenvalue weighted by Gasteiger charge is -2.07. The second kappa shape index (κ2) is 4.05. The van der Waals surface area contributed by atoms with Crippen molar-refractivity contribution in [2.24, 2.45) is 0 Å². The van der Waals surface area contributed by atoms with Crippen molar-refractivity contribution in [3.63, 3.8) is 0 Å². The van der Waals surface area contributed by atoms with Gasteiger partial charge in [-0.05, 0) is 24.6 Å². The van der Waals surface area contributed by atoms with Crippen molar-refractivity contribution in [1.82, 2.24) is 0 Å². The van der Waals surface area contributed by atoms with E-state index in [4.69, 9.17) is 10.4 Å². The molecule has 1 rings (SSSR count). The van der Waals surface area contributed by atoms with Crippen LogP contribution < -0.4 is 0 Å². The largest absolute Gasteiger partial charge is 0.478 e. The van der Waals surface area contributed by atoms with Gasteiger partial charge in [-0.1, -0.05) is 0 Å². The van der Waals surface area contributed by atoms with Crippen LogP contribution in [0.4, 0.5) is 8.78 Å². The Balaban J connectivity index is 3.47. The quantitative estimate of drug-likeness (QED) is 0.817. The van der Waals surface area contributed by atoms with Gasteiger partial charge in [0, 0.05) is 5.56 Å². The third-order valence-electron chi connectivity index (χ3n) is 2.05. The standard InChI is InChI=1S/C10H7F2NO2/c1-5-7(4-13)2-6(10(14)15)3-8(5)9(11)12/h2-3,9H,1H3,(H,14,15). The molecule has 0 aliphatic rings. The van der Waals surface area contributed by atoms with E-state index in [9.17, 15) is 13.6 Å². The lowest BCUT2D eigenvalue weighted by atomic mass is 9.99. The predicted molar refractivity (Wildman–Crippen MR) is 47.8 cm³/mol. The number of carboxylic acids is 1. The number of carbonyl (C=O) groups is 1. The Morgan fingerprint density at radius 2 is 2.13 bits per heavy atom. The summed E-state index contributed by atoms with van der Waals surface area (Å²) in [5, 5.41) is 17.3. The number of nitrogens with zero attached hydrogens (tertiary/aromatic N) is 1. The van der Waals surface area contributed by atoms with Crippen molar-refractivity contribution in [3.05, 3.63) is 34.4 Å². The number of nitriles is 1. The van der Waals surface area contributed by atoms with Gasteiger partial charge in [0.1, 0.15) is 0 Å². The van der Waals surface area contributed by atoms with Crippen LogP contribution in [0.2, 0.25) is 0 Å². The molecule has 0 aliphatic carbocycles. The first-order valence-electron chi connectivity index (χ1n) is 4.03. The molecule has 0 aliphatic heterocycles. The Morgan fingerprint density at radius 1 is 1.53 bits per heavy atom. The number of aromatic carboxylic acids is 1. The molecule has 15 heavy (non-hydrogen) atoms. The minimum atomic E-state index is -2.78. The highest BCUT2D eigenvalue weighted by atomic mass is 19.3. The zero-order valence-corrected chi connectivity index (χ0v) is 7.79.